The van der Waals surface area contributed by atoms with Gasteiger partial charge < -0.3 is 10.4 Å². The predicted molar refractivity (Wildman–Crippen MR) is 68.0 cm³/mol. The summed E-state index contributed by atoms with van der Waals surface area (Å²) in [5, 5.41) is 22.5. The van der Waals surface area contributed by atoms with Gasteiger partial charge >= 0.3 is 5.97 Å². The molecule has 0 unspecified atom stereocenters. The minimum absolute atomic E-state index is 0.0284. The molecule has 0 aliphatic heterocycles. The highest BCUT2D eigenvalue weighted by Crippen LogP contribution is 2.30. The number of anilines is 1. The van der Waals surface area contributed by atoms with Gasteiger partial charge in [-0.25, -0.2) is 9.18 Å². The Bertz CT molecular complexity index is 529. The predicted octanol–water partition coefficient (Wildman–Crippen LogP) is 3.03. The summed E-state index contributed by atoms with van der Waals surface area (Å²) in [5.74, 6) is -2.55. The Morgan fingerprint density at radius 2 is 2.11 bits per heavy atom. The molecule has 0 spiro atoms. The number of rotatable bonds is 5. The van der Waals surface area contributed by atoms with Gasteiger partial charge in [-0.15, -0.1) is 0 Å². The quantitative estimate of drug-likeness (QED) is 0.633. The van der Waals surface area contributed by atoms with E-state index in [-0.39, 0.29) is 5.69 Å². The van der Waals surface area contributed by atoms with Crippen LogP contribution in [0.1, 0.15) is 37.6 Å². The van der Waals surface area contributed by atoms with Crippen molar-refractivity contribution in [2.45, 2.75) is 32.7 Å². The molecule has 1 rings (SSSR count). The lowest BCUT2D eigenvalue weighted by molar-refractivity contribution is -0.384. The van der Waals surface area contributed by atoms with Crippen LogP contribution in [0.5, 0.6) is 0 Å². The minimum Gasteiger partial charge on any atom is -0.478 e. The van der Waals surface area contributed by atoms with Crippen molar-refractivity contribution < 1.29 is 19.2 Å². The van der Waals surface area contributed by atoms with Gasteiger partial charge in [0, 0.05) is 17.7 Å². The van der Waals surface area contributed by atoms with E-state index in [1.54, 1.807) is 13.8 Å². The fourth-order valence-electron chi connectivity index (χ4n) is 1.43. The van der Waals surface area contributed by atoms with E-state index in [9.17, 15) is 19.3 Å². The van der Waals surface area contributed by atoms with Crippen LogP contribution in [-0.4, -0.2) is 21.5 Å². The fourth-order valence-corrected chi connectivity index (χ4v) is 1.43. The first kappa shape index (κ1) is 14.9. The van der Waals surface area contributed by atoms with Gasteiger partial charge in [-0.1, -0.05) is 6.92 Å². The molecule has 0 aromatic heterocycles. The van der Waals surface area contributed by atoms with E-state index in [1.165, 1.54) is 0 Å². The van der Waals surface area contributed by atoms with Gasteiger partial charge in [-0.2, -0.15) is 0 Å². The summed E-state index contributed by atoms with van der Waals surface area (Å²) in [6, 6.07) is 1.57. The smallest absolute Gasteiger partial charge is 0.338 e. The summed E-state index contributed by atoms with van der Waals surface area (Å²) < 4.78 is 13.6. The van der Waals surface area contributed by atoms with Crippen molar-refractivity contribution in [3.63, 3.8) is 0 Å². The first-order chi connectivity index (χ1) is 8.68. The van der Waals surface area contributed by atoms with Crippen molar-refractivity contribution in [3.05, 3.63) is 33.6 Å². The Labute approximate surface area is 109 Å². The maximum Gasteiger partial charge on any atom is 0.338 e. The lowest BCUT2D eigenvalue weighted by atomic mass is 10.0. The molecular formula is C12H15FN2O4. The molecule has 0 heterocycles. The topological polar surface area (TPSA) is 92.5 Å². The second-order valence-electron chi connectivity index (χ2n) is 4.77. The van der Waals surface area contributed by atoms with Crippen molar-refractivity contribution in [3.8, 4) is 0 Å². The van der Waals surface area contributed by atoms with Gasteiger partial charge in [-0.05, 0) is 20.3 Å². The number of halogens is 1. The first-order valence-electron chi connectivity index (χ1n) is 5.67. The zero-order chi connectivity index (χ0) is 14.8. The molecule has 0 aliphatic rings. The number of carboxylic acid groups (broad SMARTS) is 1. The average Bonchev–Trinajstić information content (AvgIpc) is 2.27. The van der Waals surface area contributed by atoms with E-state index in [0.717, 1.165) is 12.1 Å². The van der Waals surface area contributed by atoms with Crippen molar-refractivity contribution in [2.24, 2.45) is 0 Å². The fraction of sp³-hybridized carbons (Fsp3) is 0.417. The lowest BCUT2D eigenvalue weighted by Gasteiger charge is -2.25. The van der Waals surface area contributed by atoms with Crippen LogP contribution < -0.4 is 5.32 Å². The van der Waals surface area contributed by atoms with Crippen LogP contribution in [0.3, 0.4) is 0 Å². The Morgan fingerprint density at radius 1 is 1.53 bits per heavy atom. The lowest BCUT2D eigenvalue weighted by Crippen LogP contribution is -2.30. The second kappa shape index (κ2) is 5.21. The van der Waals surface area contributed by atoms with Gasteiger partial charge in [0.2, 0.25) is 0 Å². The van der Waals surface area contributed by atoms with Gasteiger partial charge in [0.25, 0.3) is 5.69 Å². The minimum atomic E-state index is -1.54. The summed E-state index contributed by atoms with van der Waals surface area (Å²) >= 11 is 0. The van der Waals surface area contributed by atoms with Gasteiger partial charge in [0.05, 0.1) is 4.92 Å². The van der Waals surface area contributed by atoms with Crippen LogP contribution in [0, 0.1) is 15.9 Å². The maximum atomic E-state index is 13.6. The van der Waals surface area contributed by atoms with Gasteiger partial charge in [0.1, 0.15) is 17.1 Å². The Morgan fingerprint density at radius 3 is 2.53 bits per heavy atom. The van der Waals surface area contributed by atoms with Crippen molar-refractivity contribution >= 4 is 17.3 Å². The molecule has 0 saturated carbocycles. The van der Waals surface area contributed by atoms with Gasteiger partial charge in [-0.3, -0.25) is 10.1 Å². The van der Waals surface area contributed by atoms with Crippen LogP contribution in [-0.2, 0) is 0 Å². The SMILES string of the molecule is CCC(C)(C)Nc1cc(F)c(C(=O)O)cc1[N+](=O)[O-]. The van der Waals surface area contributed by atoms with Crippen molar-refractivity contribution in [2.75, 3.05) is 5.32 Å². The number of hydrogen-bond acceptors (Lipinski definition) is 4. The third kappa shape index (κ3) is 3.40. The van der Waals surface area contributed by atoms with E-state index in [2.05, 4.69) is 5.32 Å². The van der Waals surface area contributed by atoms with Gasteiger partial charge in [0.15, 0.2) is 0 Å². The van der Waals surface area contributed by atoms with Crippen LogP contribution in [0.15, 0.2) is 12.1 Å². The number of carboxylic acids is 1. The maximum absolute atomic E-state index is 13.6. The molecule has 0 radical (unpaired) electrons. The molecule has 6 nitrogen and oxygen atoms in total. The highest BCUT2D eigenvalue weighted by Gasteiger charge is 2.25. The Balaban J connectivity index is 3.35. The molecule has 7 heteroatoms. The average molecular weight is 270 g/mol. The van der Waals surface area contributed by atoms with Crippen LogP contribution >= 0.6 is 0 Å². The second-order valence-corrected chi connectivity index (χ2v) is 4.77. The number of nitrogens with zero attached hydrogens (tertiary/aromatic N) is 1. The number of benzene rings is 1. The monoisotopic (exact) mass is 270 g/mol. The summed E-state index contributed by atoms with van der Waals surface area (Å²) in [4.78, 5) is 21.0. The van der Waals surface area contributed by atoms with E-state index < -0.39 is 33.5 Å². The molecule has 0 aliphatic carbocycles. The van der Waals surface area contributed by atoms with E-state index >= 15 is 0 Å². The Kier molecular flexibility index (Phi) is 4.08. The van der Waals surface area contributed by atoms with Crippen molar-refractivity contribution in [1.82, 2.24) is 0 Å². The molecule has 0 atom stereocenters. The largest absolute Gasteiger partial charge is 0.478 e. The third-order valence-corrected chi connectivity index (χ3v) is 2.87. The van der Waals surface area contributed by atoms with E-state index in [4.69, 9.17) is 5.11 Å². The molecule has 2 N–H and O–H groups in total. The number of nitro benzene ring substituents is 1. The molecule has 0 amide bonds. The molecular weight excluding hydrogens is 255 g/mol. The summed E-state index contributed by atoms with van der Waals surface area (Å²) in [6.45, 7) is 5.49. The zero-order valence-electron chi connectivity index (χ0n) is 10.9. The summed E-state index contributed by atoms with van der Waals surface area (Å²) in [5.41, 5.74) is -1.67. The molecule has 104 valence electrons. The summed E-state index contributed by atoms with van der Waals surface area (Å²) in [7, 11) is 0. The van der Waals surface area contributed by atoms with E-state index in [0.29, 0.717) is 6.42 Å². The number of hydrogen-bond donors (Lipinski definition) is 2. The number of nitrogens with one attached hydrogen (secondary N) is 1. The number of nitro groups is 1. The molecule has 0 bridgehead atoms. The highest BCUT2D eigenvalue weighted by atomic mass is 19.1. The highest BCUT2D eigenvalue weighted by molar-refractivity contribution is 5.90. The van der Waals surface area contributed by atoms with Crippen LogP contribution in [0.4, 0.5) is 15.8 Å². The third-order valence-electron chi connectivity index (χ3n) is 2.87. The van der Waals surface area contributed by atoms with Crippen LogP contribution in [0.25, 0.3) is 0 Å². The van der Waals surface area contributed by atoms with Crippen LogP contribution in [0.2, 0.25) is 0 Å². The molecule has 1 aromatic rings. The zero-order valence-corrected chi connectivity index (χ0v) is 10.9. The Hall–Kier alpha value is -2.18. The number of aromatic carboxylic acids is 1. The summed E-state index contributed by atoms with van der Waals surface area (Å²) in [6.07, 6.45) is 0.659. The molecule has 19 heavy (non-hydrogen) atoms. The van der Waals surface area contributed by atoms with Crippen molar-refractivity contribution in [1.29, 1.82) is 0 Å². The standard InChI is InChI=1S/C12H15FN2O4/c1-4-12(2,3)14-9-6-8(13)7(11(16)17)5-10(9)15(18)19/h5-6,14H,4H2,1-3H3,(H,16,17). The normalized spacial score (nSPS) is 11.2. The molecule has 1 aromatic carbocycles. The van der Waals surface area contributed by atoms with E-state index in [1.807, 2.05) is 6.92 Å². The first-order valence-corrected chi connectivity index (χ1v) is 5.67. The number of carbonyl (C=O) groups is 1. The molecule has 0 saturated heterocycles. The molecule has 0 fully saturated rings.